The first kappa shape index (κ1) is 10.9. The van der Waals surface area contributed by atoms with E-state index in [0.29, 0.717) is 5.92 Å². The standard InChI is InChI=1S/C13H15NO2/c1-9-4-2-3-5-11(9)13(10-6-7-10)14-8-12(15)16/h2-5,10H,6-8H2,1H3,(H,15,16)/b14-13-. The van der Waals surface area contributed by atoms with E-state index in [1.54, 1.807) is 0 Å². The Bertz CT molecular complexity index is 433. The van der Waals surface area contributed by atoms with Gasteiger partial charge in [0.25, 0.3) is 0 Å². The van der Waals surface area contributed by atoms with Crippen LogP contribution in [0, 0.1) is 12.8 Å². The van der Waals surface area contributed by atoms with E-state index in [9.17, 15) is 4.79 Å². The van der Waals surface area contributed by atoms with Crippen molar-refractivity contribution in [3.8, 4) is 0 Å². The van der Waals surface area contributed by atoms with Crippen LogP contribution in [-0.4, -0.2) is 23.3 Å². The molecule has 0 aromatic heterocycles. The van der Waals surface area contributed by atoms with E-state index in [1.165, 1.54) is 5.56 Å². The Morgan fingerprint density at radius 3 is 2.69 bits per heavy atom. The van der Waals surface area contributed by atoms with Crippen LogP contribution in [0.4, 0.5) is 0 Å². The molecular formula is C13H15NO2. The summed E-state index contributed by atoms with van der Waals surface area (Å²) in [5.41, 5.74) is 3.24. The first-order valence-electron chi connectivity index (χ1n) is 5.50. The summed E-state index contributed by atoms with van der Waals surface area (Å²) in [4.78, 5) is 14.8. The van der Waals surface area contributed by atoms with Gasteiger partial charge in [0, 0.05) is 11.6 Å². The number of hydrogen-bond donors (Lipinski definition) is 1. The minimum Gasteiger partial charge on any atom is -0.480 e. The van der Waals surface area contributed by atoms with Crippen molar-refractivity contribution in [3.63, 3.8) is 0 Å². The number of nitrogens with zero attached hydrogens (tertiary/aromatic N) is 1. The topological polar surface area (TPSA) is 49.7 Å². The maximum atomic E-state index is 10.6. The summed E-state index contributed by atoms with van der Waals surface area (Å²) in [6, 6.07) is 8.02. The van der Waals surface area contributed by atoms with E-state index >= 15 is 0 Å². The van der Waals surface area contributed by atoms with Crippen molar-refractivity contribution < 1.29 is 9.90 Å². The molecule has 1 N–H and O–H groups in total. The van der Waals surface area contributed by atoms with Gasteiger partial charge in [0.15, 0.2) is 0 Å². The molecule has 1 aliphatic carbocycles. The molecule has 0 heterocycles. The van der Waals surface area contributed by atoms with Crippen LogP contribution in [-0.2, 0) is 4.79 Å². The van der Waals surface area contributed by atoms with Gasteiger partial charge in [-0.3, -0.25) is 9.79 Å². The number of aliphatic carboxylic acids is 1. The molecule has 0 bridgehead atoms. The number of hydrogen-bond acceptors (Lipinski definition) is 2. The van der Waals surface area contributed by atoms with Crippen LogP contribution < -0.4 is 0 Å². The lowest BCUT2D eigenvalue weighted by molar-refractivity contribution is -0.135. The Labute approximate surface area is 94.8 Å². The summed E-state index contributed by atoms with van der Waals surface area (Å²) in [5.74, 6) is -0.396. The molecule has 0 atom stereocenters. The molecule has 16 heavy (non-hydrogen) atoms. The Balaban J connectivity index is 2.29. The predicted molar refractivity (Wildman–Crippen MR) is 62.9 cm³/mol. The first-order chi connectivity index (χ1) is 7.68. The van der Waals surface area contributed by atoms with E-state index in [1.807, 2.05) is 31.2 Å². The van der Waals surface area contributed by atoms with Gasteiger partial charge in [-0.05, 0) is 30.9 Å². The number of aryl methyl sites for hydroxylation is 1. The lowest BCUT2D eigenvalue weighted by Crippen LogP contribution is -2.10. The van der Waals surface area contributed by atoms with Crippen molar-refractivity contribution in [2.45, 2.75) is 19.8 Å². The van der Waals surface area contributed by atoms with Gasteiger partial charge in [-0.1, -0.05) is 24.3 Å². The number of benzene rings is 1. The molecule has 1 saturated carbocycles. The fourth-order valence-corrected chi connectivity index (χ4v) is 1.80. The second-order valence-electron chi connectivity index (χ2n) is 4.18. The number of carboxylic acids is 1. The monoisotopic (exact) mass is 217 g/mol. The van der Waals surface area contributed by atoms with Crippen LogP contribution in [0.15, 0.2) is 29.3 Å². The summed E-state index contributed by atoms with van der Waals surface area (Å²) >= 11 is 0. The van der Waals surface area contributed by atoms with Crippen LogP contribution in [0.25, 0.3) is 0 Å². The lowest BCUT2D eigenvalue weighted by Gasteiger charge is -2.08. The van der Waals surface area contributed by atoms with E-state index in [-0.39, 0.29) is 6.54 Å². The Kier molecular flexibility index (Phi) is 3.04. The zero-order valence-electron chi connectivity index (χ0n) is 9.31. The summed E-state index contributed by atoms with van der Waals surface area (Å²) in [5, 5.41) is 8.67. The van der Waals surface area contributed by atoms with Gasteiger partial charge in [-0.15, -0.1) is 0 Å². The second kappa shape index (κ2) is 4.47. The lowest BCUT2D eigenvalue weighted by atomic mass is 10.0. The largest absolute Gasteiger partial charge is 0.480 e. The Hall–Kier alpha value is -1.64. The van der Waals surface area contributed by atoms with Crippen molar-refractivity contribution in [2.75, 3.05) is 6.54 Å². The quantitative estimate of drug-likeness (QED) is 0.786. The Morgan fingerprint density at radius 2 is 2.12 bits per heavy atom. The van der Waals surface area contributed by atoms with E-state index in [0.717, 1.165) is 24.1 Å². The maximum Gasteiger partial charge on any atom is 0.325 e. The highest BCUT2D eigenvalue weighted by atomic mass is 16.4. The fourth-order valence-electron chi connectivity index (χ4n) is 1.80. The van der Waals surface area contributed by atoms with Gasteiger partial charge in [-0.25, -0.2) is 0 Å². The molecule has 0 amide bonds. The fraction of sp³-hybridized carbons (Fsp3) is 0.385. The van der Waals surface area contributed by atoms with Crippen molar-refractivity contribution >= 4 is 11.7 Å². The van der Waals surface area contributed by atoms with Gasteiger partial charge < -0.3 is 5.11 Å². The van der Waals surface area contributed by atoms with Crippen LogP contribution in [0.1, 0.15) is 24.0 Å². The Morgan fingerprint density at radius 1 is 1.44 bits per heavy atom. The van der Waals surface area contributed by atoms with E-state index < -0.39 is 5.97 Å². The molecule has 2 rings (SSSR count). The van der Waals surface area contributed by atoms with Crippen LogP contribution in [0.3, 0.4) is 0 Å². The van der Waals surface area contributed by atoms with Crippen LogP contribution >= 0.6 is 0 Å². The van der Waals surface area contributed by atoms with Crippen molar-refractivity contribution in [2.24, 2.45) is 10.9 Å². The zero-order chi connectivity index (χ0) is 11.5. The minimum absolute atomic E-state index is 0.125. The average Bonchev–Trinajstić information content (AvgIpc) is 3.04. The summed E-state index contributed by atoms with van der Waals surface area (Å²) in [6.07, 6.45) is 2.26. The third-order valence-electron chi connectivity index (χ3n) is 2.77. The number of carbonyl (C=O) groups is 1. The molecule has 0 aliphatic heterocycles. The highest BCUT2D eigenvalue weighted by Gasteiger charge is 2.29. The molecule has 0 unspecified atom stereocenters. The van der Waals surface area contributed by atoms with E-state index in [4.69, 9.17) is 5.11 Å². The average molecular weight is 217 g/mol. The molecule has 3 nitrogen and oxygen atoms in total. The first-order valence-corrected chi connectivity index (χ1v) is 5.50. The molecule has 1 aromatic carbocycles. The number of rotatable bonds is 4. The molecule has 84 valence electrons. The molecule has 0 spiro atoms. The second-order valence-corrected chi connectivity index (χ2v) is 4.18. The SMILES string of the molecule is Cc1ccccc1/C(=N\CC(=O)O)C1CC1. The highest BCUT2D eigenvalue weighted by molar-refractivity contribution is 6.05. The maximum absolute atomic E-state index is 10.6. The highest BCUT2D eigenvalue weighted by Crippen LogP contribution is 2.34. The van der Waals surface area contributed by atoms with E-state index in [2.05, 4.69) is 4.99 Å². The summed E-state index contributed by atoms with van der Waals surface area (Å²) < 4.78 is 0. The van der Waals surface area contributed by atoms with Crippen LogP contribution in [0.2, 0.25) is 0 Å². The molecule has 1 aliphatic rings. The van der Waals surface area contributed by atoms with Gasteiger partial charge >= 0.3 is 5.97 Å². The smallest absolute Gasteiger partial charge is 0.325 e. The predicted octanol–water partition coefficient (Wildman–Crippen LogP) is 2.28. The molecule has 0 radical (unpaired) electrons. The third-order valence-corrected chi connectivity index (χ3v) is 2.77. The minimum atomic E-state index is -0.869. The van der Waals surface area contributed by atoms with Gasteiger partial charge in [-0.2, -0.15) is 0 Å². The van der Waals surface area contributed by atoms with Crippen molar-refractivity contribution in [3.05, 3.63) is 35.4 Å². The normalized spacial score (nSPS) is 16.2. The summed E-state index contributed by atoms with van der Waals surface area (Å²) in [7, 11) is 0. The van der Waals surface area contributed by atoms with Crippen LogP contribution in [0.5, 0.6) is 0 Å². The summed E-state index contributed by atoms with van der Waals surface area (Å²) in [6.45, 7) is 1.91. The van der Waals surface area contributed by atoms with Crippen molar-refractivity contribution in [1.29, 1.82) is 0 Å². The number of aliphatic imine (C=N–C) groups is 1. The molecule has 1 aromatic rings. The number of carboxylic acid groups (broad SMARTS) is 1. The van der Waals surface area contributed by atoms with Gasteiger partial charge in [0.1, 0.15) is 6.54 Å². The molecule has 0 saturated heterocycles. The molecular weight excluding hydrogens is 202 g/mol. The third kappa shape index (κ3) is 2.48. The van der Waals surface area contributed by atoms with Gasteiger partial charge in [0.2, 0.25) is 0 Å². The van der Waals surface area contributed by atoms with Gasteiger partial charge in [0.05, 0.1) is 0 Å². The zero-order valence-corrected chi connectivity index (χ0v) is 9.31. The molecule has 3 heteroatoms. The molecule has 1 fully saturated rings. The van der Waals surface area contributed by atoms with Crippen molar-refractivity contribution in [1.82, 2.24) is 0 Å².